The van der Waals surface area contributed by atoms with Crippen molar-refractivity contribution < 1.29 is 4.79 Å². The molecule has 0 fully saturated rings. The molecule has 4 heteroatoms. The van der Waals surface area contributed by atoms with Crippen LogP contribution < -0.4 is 5.32 Å². The quantitative estimate of drug-likeness (QED) is 0.836. The Morgan fingerprint density at radius 3 is 2.55 bits per heavy atom. The van der Waals surface area contributed by atoms with Gasteiger partial charge < -0.3 is 5.32 Å². The first-order valence-corrected chi connectivity index (χ1v) is 8.72. The van der Waals surface area contributed by atoms with Gasteiger partial charge in [-0.2, -0.15) is 0 Å². The molecule has 1 N–H and O–H groups in total. The van der Waals surface area contributed by atoms with Crippen molar-refractivity contribution in [2.24, 2.45) is 5.92 Å². The Balaban J connectivity index is 1.96. The number of thiazole rings is 1. The molecule has 3 nitrogen and oxygen atoms in total. The van der Waals surface area contributed by atoms with Gasteiger partial charge in [0.05, 0.1) is 12.2 Å². The van der Waals surface area contributed by atoms with E-state index >= 15 is 0 Å². The summed E-state index contributed by atoms with van der Waals surface area (Å²) in [5.41, 5.74) is 2.36. The van der Waals surface area contributed by atoms with Crippen LogP contribution in [0.4, 0.5) is 0 Å². The second-order valence-corrected chi connectivity index (χ2v) is 6.68. The van der Waals surface area contributed by atoms with E-state index in [2.05, 4.69) is 48.4 Å². The molecule has 0 aliphatic rings. The fourth-order valence-electron chi connectivity index (χ4n) is 2.48. The molecule has 2 aromatic rings. The van der Waals surface area contributed by atoms with Crippen LogP contribution in [0.15, 0.2) is 30.3 Å². The molecule has 0 aliphatic heterocycles. The Kier molecular flexibility index (Phi) is 6.13. The molecule has 0 bridgehead atoms. The van der Waals surface area contributed by atoms with Crippen molar-refractivity contribution in [1.82, 2.24) is 10.3 Å². The zero-order valence-corrected chi connectivity index (χ0v) is 14.4. The van der Waals surface area contributed by atoms with Gasteiger partial charge in [0, 0.05) is 17.2 Å². The Bertz CT molecular complexity index is 603. The largest absolute Gasteiger partial charge is 0.349 e. The summed E-state index contributed by atoms with van der Waals surface area (Å²) in [7, 11) is 0. The minimum absolute atomic E-state index is 0.116. The lowest BCUT2D eigenvalue weighted by atomic mass is 10.0. The zero-order chi connectivity index (χ0) is 15.9. The Morgan fingerprint density at radius 2 is 1.91 bits per heavy atom. The maximum atomic E-state index is 12.0. The number of aromatic nitrogens is 1. The van der Waals surface area contributed by atoms with Crippen molar-refractivity contribution in [3.63, 3.8) is 0 Å². The first-order chi connectivity index (χ1) is 10.6. The molecule has 118 valence electrons. The van der Waals surface area contributed by atoms with E-state index in [1.54, 1.807) is 11.3 Å². The molecule has 0 saturated carbocycles. The minimum Gasteiger partial charge on any atom is -0.349 e. The average Bonchev–Trinajstić information content (AvgIpc) is 2.87. The van der Waals surface area contributed by atoms with Crippen LogP contribution in [0.5, 0.6) is 0 Å². The minimum atomic E-state index is 0.116. The topological polar surface area (TPSA) is 42.0 Å². The van der Waals surface area contributed by atoms with Gasteiger partial charge in [-0.1, -0.05) is 44.2 Å². The molecular weight excluding hydrogens is 292 g/mol. The van der Waals surface area contributed by atoms with Crippen LogP contribution >= 0.6 is 11.3 Å². The summed E-state index contributed by atoms with van der Waals surface area (Å²) in [4.78, 5) is 17.9. The van der Waals surface area contributed by atoms with E-state index in [9.17, 15) is 4.79 Å². The molecular formula is C18H24N2OS. The number of carbonyl (C=O) groups is 1. The molecule has 1 amide bonds. The normalized spacial score (nSPS) is 10.9. The van der Waals surface area contributed by atoms with Gasteiger partial charge in [0.25, 0.3) is 0 Å². The lowest BCUT2D eigenvalue weighted by Crippen LogP contribution is -2.29. The van der Waals surface area contributed by atoms with Crippen molar-refractivity contribution >= 4 is 17.2 Å². The Hall–Kier alpha value is -1.68. The summed E-state index contributed by atoms with van der Waals surface area (Å²) < 4.78 is 0. The van der Waals surface area contributed by atoms with Crippen LogP contribution in [0.1, 0.15) is 47.8 Å². The average molecular weight is 316 g/mol. The lowest BCUT2D eigenvalue weighted by Gasteiger charge is -2.11. The van der Waals surface area contributed by atoms with E-state index < -0.39 is 0 Å². The fraction of sp³-hybridized carbons (Fsp3) is 0.444. The van der Waals surface area contributed by atoms with Gasteiger partial charge in [-0.3, -0.25) is 4.79 Å². The van der Waals surface area contributed by atoms with Gasteiger partial charge in [0.1, 0.15) is 5.01 Å². The van der Waals surface area contributed by atoms with E-state index in [4.69, 9.17) is 0 Å². The highest BCUT2D eigenvalue weighted by molar-refractivity contribution is 7.11. The Labute approximate surface area is 136 Å². The summed E-state index contributed by atoms with van der Waals surface area (Å²) in [6.45, 7) is 6.69. The van der Waals surface area contributed by atoms with Crippen LogP contribution in [0, 0.1) is 12.8 Å². The van der Waals surface area contributed by atoms with Crippen LogP contribution in [0.3, 0.4) is 0 Å². The number of hydrogen-bond donors (Lipinski definition) is 1. The summed E-state index contributed by atoms with van der Waals surface area (Å²) in [5, 5.41) is 4.00. The van der Waals surface area contributed by atoms with Gasteiger partial charge in [-0.15, -0.1) is 11.3 Å². The predicted octanol–water partition coefficient (Wildman–Crippen LogP) is 4.09. The summed E-state index contributed by atoms with van der Waals surface area (Å²) in [5.74, 6) is 0.257. The molecule has 0 saturated heterocycles. The Morgan fingerprint density at radius 1 is 1.23 bits per heavy atom. The van der Waals surface area contributed by atoms with E-state index in [0.29, 0.717) is 6.54 Å². The van der Waals surface area contributed by atoms with Gasteiger partial charge in [0.2, 0.25) is 5.91 Å². The molecule has 1 aromatic heterocycles. The maximum Gasteiger partial charge on any atom is 0.223 e. The fourth-order valence-corrected chi connectivity index (χ4v) is 3.52. The van der Waals surface area contributed by atoms with Gasteiger partial charge >= 0.3 is 0 Å². The second kappa shape index (κ2) is 8.08. The third-order valence-corrected chi connectivity index (χ3v) is 5.07. The van der Waals surface area contributed by atoms with Crippen molar-refractivity contribution in [1.29, 1.82) is 0 Å². The summed E-state index contributed by atoms with van der Waals surface area (Å²) in [6, 6.07) is 10.4. The number of nitrogens with zero attached hydrogens (tertiary/aromatic N) is 1. The molecule has 0 unspecified atom stereocenters. The van der Waals surface area contributed by atoms with Crippen LogP contribution in [0.25, 0.3) is 0 Å². The molecule has 0 radical (unpaired) electrons. The first-order valence-electron chi connectivity index (χ1n) is 7.90. The molecule has 0 aliphatic carbocycles. The number of hydrogen-bond acceptors (Lipinski definition) is 3. The van der Waals surface area contributed by atoms with Crippen LogP contribution in [0.2, 0.25) is 0 Å². The van der Waals surface area contributed by atoms with Gasteiger partial charge in [-0.25, -0.2) is 4.98 Å². The number of rotatable bonds is 7. The van der Waals surface area contributed by atoms with E-state index in [1.165, 1.54) is 10.4 Å². The van der Waals surface area contributed by atoms with Gasteiger partial charge in [-0.05, 0) is 25.3 Å². The highest BCUT2D eigenvalue weighted by Gasteiger charge is 2.15. The lowest BCUT2D eigenvalue weighted by molar-refractivity contribution is -0.125. The summed E-state index contributed by atoms with van der Waals surface area (Å²) in [6.07, 6.45) is 2.68. The number of benzene rings is 1. The maximum absolute atomic E-state index is 12.0. The third-order valence-electron chi connectivity index (χ3n) is 3.91. The van der Waals surface area contributed by atoms with Crippen molar-refractivity contribution in [2.45, 2.75) is 46.6 Å². The predicted molar refractivity (Wildman–Crippen MR) is 92.0 cm³/mol. The van der Waals surface area contributed by atoms with Crippen LogP contribution in [-0.4, -0.2) is 10.9 Å². The smallest absolute Gasteiger partial charge is 0.223 e. The monoisotopic (exact) mass is 316 g/mol. The van der Waals surface area contributed by atoms with Crippen molar-refractivity contribution in [2.75, 3.05) is 0 Å². The SMILES string of the molecule is CCC(CC)C(=O)NCc1nc(C)c(Cc2ccccc2)s1. The molecule has 22 heavy (non-hydrogen) atoms. The highest BCUT2D eigenvalue weighted by atomic mass is 32.1. The van der Waals surface area contributed by atoms with E-state index in [0.717, 1.165) is 30.0 Å². The molecule has 1 aromatic carbocycles. The number of amides is 1. The van der Waals surface area contributed by atoms with E-state index in [1.807, 2.05) is 13.0 Å². The number of nitrogens with one attached hydrogen (secondary N) is 1. The van der Waals surface area contributed by atoms with Crippen molar-refractivity contribution in [3.05, 3.63) is 51.5 Å². The molecule has 0 spiro atoms. The zero-order valence-electron chi connectivity index (χ0n) is 13.6. The molecule has 1 heterocycles. The van der Waals surface area contributed by atoms with Crippen LogP contribution in [-0.2, 0) is 17.8 Å². The standard InChI is InChI=1S/C18H24N2OS/c1-4-15(5-2)18(21)19-12-17-20-13(3)16(22-17)11-14-9-7-6-8-10-14/h6-10,15H,4-5,11-12H2,1-3H3,(H,19,21). The number of carbonyl (C=O) groups excluding carboxylic acids is 1. The van der Waals surface area contributed by atoms with Crippen molar-refractivity contribution in [3.8, 4) is 0 Å². The van der Waals surface area contributed by atoms with E-state index in [-0.39, 0.29) is 11.8 Å². The molecule has 2 rings (SSSR count). The highest BCUT2D eigenvalue weighted by Crippen LogP contribution is 2.21. The first kappa shape index (κ1) is 16.7. The van der Waals surface area contributed by atoms with Gasteiger partial charge in [0.15, 0.2) is 0 Å². The summed E-state index contributed by atoms with van der Waals surface area (Å²) >= 11 is 1.70. The number of aryl methyl sites for hydroxylation is 1. The second-order valence-electron chi connectivity index (χ2n) is 5.51. The molecule has 0 atom stereocenters. The third kappa shape index (κ3) is 4.41.